The van der Waals surface area contributed by atoms with Crippen LogP contribution >= 0.6 is 11.3 Å². The summed E-state index contributed by atoms with van der Waals surface area (Å²) in [6.45, 7) is 2.06. The van der Waals surface area contributed by atoms with Gasteiger partial charge in [-0.05, 0) is 31.0 Å². The summed E-state index contributed by atoms with van der Waals surface area (Å²) in [4.78, 5) is 17.0. The molecular weight excluding hydrogens is 493 g/mol. The van der Waals surface area contributed by atoms with Crippen LogP contribution in [-0.4, -0.2) is 41.4 Å². The lowest BCUT2D eigenvalue weighted by Crippen LogP contribution is -2.28. The lowest BCUT2D eigenvalue weighted by atomic mass is 10.1. The largest absolute Gasteiger partial charge is 0.493 e. The van der Waals surface area contributed by atoms with Crippen molar-refractivity contribution in [2.24, 2.45) is 0 Å². The fourth-order valence-corrected chi connectivity index (χ4v) is 4.40. The van der Waals surface area contributed by atoms with E-state index in [1.807, 2.05) is 31.2 Å². The van der Waals surface area contributed by atoms with Gasteiger partial charge >= 0.3 is 6.18 Å². The molecule has 0 aliphatic carbocycles. The normalized spacial score (nSPS) is 11.4. The quantitative estimate of drug-likeness (QED) is 0.343. The molecular formula is C25H23F3N4O3S. The summed E-state index contributed by atoms with van der Waals surface area (Å²) in [5.74, 6) is 0.208. The Morgan fingerprint density at radius 1 is 1.08 bits per heavy atom. The van der Waals surface area contributed by atoms with E-state index in [1.54, 1.807) is 23.6 Å². The summed E-state index contributed by atoms with van der Waals surface area (Å²) in [5, 5.41) is 8.08. The Morgan fingerprint density at radius 2 is 1.81 bits per heavy atom. The second-order valence-corrected chi connectivity index (χ2v) is 8.73. The van der Waals surface area contributed by atoms with Crippen LogP contribution in [0.25, 0.3) is 16.4 Å². The van der Waals surface area contributed by atoms with E-state index < -0.39 is 23.3 Å². The second kappa shape index (κ2) is 10.4. The third kappa shape index (κ3) is 5.35. The van der Waals surface area contributed by atoms with E-state index in [9.17, 15) is 18.0 Å². The van der Waals surface area contributed by atoms with Crippen molar-refractivity contribution >= 4 is 17.2 Å². The number of methoxy groups -OCH3 is 2. The van der Waals surface area contributed by atoms with Crippen LogP contribution in [0.4, 0.5) is 13.2 Å². The Balaban J connectivity index is 1.53. The zero-order valence-electron chi connectivity index (χ0n) is 19.7. The molecule has 0 saturated carbocycles. The van der Waals surface area contributed by atoms with E-state index >= 15 is 0 Å². The average Bonchev–Trinajstić information content (AvgIpc) is 3.52. The van der Waals surface area contributed by atoms with Gasteiger partial charge in [-0.3, -0.25) is 4.79 Å². The van der Waals surface area contributed by atoms with Crippen molar-refractivity contribution in [1.82, 2.24) is 20.1 Å². The molecule has 0 bridgehead atoms. The number of carbonyl (C=O) groups excluding carboxylic acids is 1. The lowest BCUT2D eigenvalue weighted by molar-refractivity contribution is -0.143. The first-order chi connectivity index (χ1) is 17.2. The van der Waals surface area contributed by atoms with Crippen molar-refractivity contribution in [1.29, 1.82) is 0 Å². The van der Waals surface area contributed by atoms with Crippen LogP contribution in [0.5, 0.6) is 11.5 Å². The summed E-state index contributed by atoms with van der Waals surface area (Å²) in [6.07, 6.45) is -3.52. The van der Waals surface area contributed by atoms with Crippen molar-refractivity contribution in [2.75, 3.05) is 20.8 Å². The van der Waals surface area contributed by atoms with E-state index in [0.29, 0.717) is 28.3 Å². The van der Waals surface area contributed by atoms with Gasteiger partial charge in [0.1, 0.15) is 0 Å². The standard InChI is InChI=1S/C25H23F3N4O3S/c1-15-4-7-17(8-5-15)19-14-36-24(31-19)32-22(25(26,27)28)18(13-30-32)23(33)29-11-10-16-6-9-20(34-2)21(12-16)35-3/h4-9,12-14H,10-11H2,1-3H3,(H,29,33). The highest BCUT2D eigenvalue weighted by molar-refractivity contribution is 7.12. The maximum atomic E-state index is 14.0. The average molecular weight is 517 g/mol. The van der Waals surface area contributed by atoms with Gasteiger partial charge < -0.3 is 14.8 Å². The first-order valence-electron chi connectivity index (χ1n) is 10.9. The maximum absolute atomic E-state index is 14.0. The molecule has 11 heteroatoms. The number of alkyl halides is 3. The third-order valence-electron chi connectivity index (χ3n) is 5.45. The van der Waals surface area contributed by atoms with Gasteiger partial charge in [-0.25, -0.2) is 9.67 Å². The molecule has 0 spiro atoms. The van der Waals surface area contributed by atoms with Gasteiger partial charge in [0.05, 0.1) is 31.7 Å². The Bertz CT molecular complexity index is 1360. The summed E-state index contributed by atoms with van der Waals surface area (Å²) in [5.41, 5.74) is 1.45. The SMILES string of the molecule is COc1ccc(CCNC(=O)c2cnn(-c3nc(-c4ccc(C)cc4)cs3)c2C(F)(F)F)cc1OC. The van der Waals surface area contributed by atoms with Crippen molar-refractivity contribution in [2.45, 2.75) is 19.5 Å². The number of hydrogen-bond donors (Lipinski definition) is 1. The topological polar surface area (TPSA) is 78.3 Å². The number of thiazole rings is 1. The minimum Gasteiger partial charge on any atom is -0.493 e. The van der Waals surface area contributed by atoms with Crippen molar-refractivity contribution in [3.8, 4) is 27.9 Å². The van der Waals surface area contributed by atoms with E-state index in [-0.39, 0.29) is 11.7 Å². The number of ether oxygens (including phenoxy) is 2. The molecule has 1 N–H and O–H groups in total. The summed E-state index contributed by atoms with van der Waals surface area (Å²) < 4.78 is 53.2. The Kier molecular flexibility index (Phi) is 7.30. The molecule has 2 aromatic heterocycles. The van der Waals surface area contributed by atoms with E-state index in [1.165, 1.54) is 14.2 Å². The molecule has 0 fully saturated rings. The summed E-state index contributed by atoms with van der Waals surface area (Å²) in [7, 11) is 3.02. The fraction of sp³-hybridized carbons (Fsp3) is 0.240. The van der Waals surface area contributed by atoms with Gasteiger partial charge in [-0.15, -0.1) is 11.3 Å². The summed E-state index contributed by atoms with van der Waals surface area (Å²) >= 11 is 1.01. The smallest absolute Gasteiger partial charge is 0.434 e. The van der Waals surface area contributed by atoms with Crippen LogP contribution < -0.4 is 14.8 Å². The fourth-order valence-electron chi connectivity index (χ4n) is 3.60. The predicted molar refractivity (Wildman–Crippen MR) is 130 cm³/mol. The number of rotatable bonds is 8. The van der Waals surface area contributed by atoms with Gasteiger partial charge in [0.25, 0.3) is 5.91 Å². The zero-order valence-corrected chi connectivity index (χ0v) is 20.5. The second-order valence-electron chi connectivity index (χ2n) is 7.89. The number of aryl methyl sites for hydroxylation is 1. The molecule has 2 aromatic carbocycles. The zero-order chi connectivity index (χ0) is 25.9. The highest BCUT2D eigenvalue weighted by atomic mass is 32.1. The molecule has 0 atom stereocenters. The van der Waals surface area contributed by atoms with Gasteiger partial charge in [0, 0.05) is 17.5 Å². The molecule has 0 radical (unpaired) electrons. The number of benzene rings is 2. The number of carbonyl (C=O) groups is 1. The highest BCUT2D eigenvalue weighted by Crippen LogP contribution is 2.35. The van der Waals surface area contributed by atoms with Gasteiger partial charge in [0.15, 0.2) is 17.2 Å². The van der Waals surface area contributed by atoms with Crippen molar-refractivity contribution < 1.29 is 27.4 Å². The van der Waals surface area contributed by atoms with Crippen LogP contribution in [0.3, 0.4) is 0 Å². The first-order valence-corrected chi connectivity index (χ1v) is 11.8. The lowest BCUT2D eigenvalue weighted by Gasteiger charge is -2.12. The van der Waals surface area contributed by atoms with Crippen LogP contribution in [0, 0.1) is 6.92 Å². The highest BCUT2D eigenvalue weighted by Gasteiger charge is 2.41. The van der Waals surface area contributed by atoms with E-state index in [2.05, 4.69) is 15.4 Å². The molecule has 4 rings (SSSR count). The number of amides is 1. The first kappa shape index (κ1) is 25.2. The molecule has 0 aliphatic rings. The maximum Gasteiger partial charge on any atom is 0.434 e. The van der Waals surface area contributed by atoms with Crippen molar-refractivity contribution in [3.05, 3.63) is 76.4 Å². The molecule has 7 nitrogen and oxygen atoms in total. The molecule has 0 unspecified atom stereocenters. The van der Waals surface area contributed by atoms with Gasteiger partial charge in [-0.1, -0.05) is 35.9 Å². The minimum atomic E-state index is -4.82. The third-order valence-corrected chi connectivity index (χ3v) is 6.27. The van der Waals surface area contributed by atoms with Crippen molar-refractivity contribution in [3.63, 3.8) is 0 Å². The van der Waals surface area contributed by atoms with E-state index in [4.69, 9.17) is 9.47 Å². The molecule has 188 valence electrons. The molecule has 2 heterocycles. The molecule has 1 amide bonds. The molecule has 0 aliphatic heterocycles. The predicted octanol–water partition coefficient (Wildman–Crippen LogP) is 5.31. The molecule has 0 saturated heterocycles. The van der Waals surface area contributed by atoms with E-state index in [0.717, 1.165) is 34.2 Å². The van der Waals surface area contributed by atoms with Gasteiger partial charge in [-0.2, -0.15) is 18.3 Å². The monoisotopic (exact) mass is 516 g/mol. The Morgan fingerprint density at radius 3 is 2.47 bits per heavy atom. The number of aromatic nitrogens is 3. The van der Waals surface area contributed by atoms with Crippen LogP contribution in [-0.2, 0) is 12.6 Å². The summed E-state index contributed by atoms with van der Waals surface area (Å²) in [6, 6.07) is 12.7. The Labute approximate surface area is 209 Å². The molecule has 4 aromatic rings. The number of halogens is 3. The van der Waals surface area contributed by atoms with Crippen LogP contribution in [0.15, 0.2) is 54.0 Å². The molecule has 36 heavy (non-hydrogen) atoms. The van der Waals surface area contributed by atoms with Crippen LogP contribution in [0.1, 0.15) is 27.2 Å². The number of hydrogen-bond acceptors (Lipinski definition) is 6. The minimum absolute atomic E-state index is 0.0160. The van der Waals surface area contributed by atoms with Crippen LogP contribution in [0.2, 0.25) is 0 Å². The number of nitrogens with one attached hydrogen (secondary N) is 1. The Hall–Kier alpha value is -3.86. The number of nitrogens with zero attached hydrogens (tertiary/aromatic N) is 3. The van der Waals surface area contributed by atoms with Gasteiger partial charge in [0.2, 0.25) is 5.13 Å².